The van der Waals surface area contributed by atoms with Crippen molar-refractivity contribution in [2.45, 2.75) is 43.6 Å². The molecule has 0 spiro atoms. The van der Waals surface area contributed by atoms with Crippen LogP contribution in [0.5, 0.6) is 11.5 Å². The lowest BCUT2D eigenvalue weighted by molar-refractivity contribution is 0.405. The van der Waals surface area contributed by atoms with Crippen LogP contribution < -0.4 is 0 Å². The van der Waals surface area contributed by atoms with Crippen LogP contribution in [0.15, 0.2) is 65.1 Å². The van der Waals surface area contributed by atoms with Gasteiger partial charge in [0.1, 0.15) is 11.5 Å². The van der Waals surface area contributed by atoms with Crippen molar-refractivity contribution in [1.82, 2.24) is 0 Å². The number of phenols is 2. The van der Waals surface area contributed by atoms with Gasteiger partial charge < -0.3 is 10.2 Å². The molecule has 146 valence electrons. The van der Waals surface area contributed by atoms with Crippen LogP contribution >= 0.6 is 0 Å². The van der Waals surface area contributed by atoms with Gasteiger partial charge in [0.2, 0.25) is 0 Å². The van der Waals surface area contributed by atoms with Crippen LogP contribution in [-0.4, -0.2) is 49.4 Å². The zero-order valence-corrected chi connectivity index (χ0v) is 17.9. The lowest BCUT2D eigenvalue weighted by Crippen LogP contribution is -2.25. The molecule has 2 aromatic carbocycles. The van der Waals surface area contributed by atoms with Crippen molar-refractivity contribution < 1.29 is 10.2 Å². The maximum absolute atomic E-state index is 10.9. The monoisotopic (exact) mass is 398 g/mol. The molecule has 7 heteroatoms. The summed E-state index contributed by atoms with van der Waals surface area (Å²) in [6.45, 7) is 1.86. The van der Waals surface area contributed by atoms with Crippen molar-refractivity contribution in [2.24, 2.45) is 5.92 Å². The highest BCUT2D eigenvalue weighted by molar-refractivity contribution is 6.61. The lowest BCUT2D eigenvalue weighted by atomic mass is 9.38. The largest absolute Gasteiger partial charge is 0.507 e. The maximum Gasteiger partial charge on any atom is 0.123 e. The van der Waals surface area contributed by atoms with E-state index >= 15 is 0 Å². The predicted octanol–water partition coefficient (Wildman–Crippen LogP) is 3.45. The molecular weight excluding hydrogens is 374 g/mol. The van der Waals surface area contributed by atoms with Gasteiger partial charge in [-0.25, -0.2) is 0 Å². The average Bonchev–Trinajstić information content (AvgIpc) is 2.71. The second-order valence-electron chi connectivity index (χ2n) is 8.47. The van der Waals surface area contributed by atoms with Gasteiger partial charge >= 0.3 is 0 Å². The fourth-order valence-corrected chi connectivity index (χ4v) is 4.35. The summed E-state index contributed by atoms with van der Waals surface area (Å²) in [6, 6.07) is 13.5. The third-order valence-corrected chi connectivity index (χ3v) is 6.18. The van der Waals surface area contributed by atoms with Crippen molar-refractivity contribution in [3.05, 3.63) is 81.7 Å². The first-order chi connectivity index (χ1) is 14.6. The molecule has 2 N–H and O–H groups in total. The van der Waals surface area contributed by atoms with Crippen LogP contribution in [0.3, 0.4) is 0 Å². The van der Waals surface area contributed by atoms with E-state index in [0.717, 1.165) is 17.6 Å². The molecule has 3 rings (SSSR count). The molecule has 2 atom stereocenters. The molecule has 10 radical (unpaired) electrons. The van der Waals surface area contributed by atoms with E-state index in [9.17, 15) is 10.2 Å². The Balaban J connectivity index is 1.97. The fourth-order valence-electron chi connectivity index (χ4n) is 4.35. The topological polar surface area (TPSA) is 40.5 Å². The third kappa shape index (κ3) is 5.56. The highest BCUT2D eigenvalue weighted by Crippen LogP contribution is 2.49. The average molecular weight is 398 g/mol. The van der Waals surface area contributed by atoms with Crippen LogP contribution in [0.4, 0.5) is 0 Å². The van der Waals surface area contributed by atoms with Gasteiger partial charge in [-0.05, 0) is 61.8 Å². The quantitative estimate of drug-likeness (QED) is 0.579. The van der Waals surface area contributed by atoms with Crippen molar-refractivity contribution in [1.29, 1.82) is 0 Å². The first kappa shape index (κ1) is 23.5. The molecule has 0 bridgehead atoms. The van der Waals surface area contributed by atoms with Gasteiger partial charge in [-0.15, -0.1) is 5.11 Å². The van der Waals surface area contributed by atoms with Crippen LogP contribution in [0.2, 0.25) is 5.11 Å². The minimum absolute atomic E-state index is 0.00983. The molecule has 31 heavy (non-hydrogen) atoms. The molecule has 1 aliphatic carbocycles. The van der Waals surface area contributed by atoms with Gasteiger partial charge in [-0.1, -0.05) is 47.6 Å². The maximum atomic E-state index is 10.9. The van der Waals surface area contributed by atoms with Crippen molar-refractivity contribution in [3.63, 3.8) is 0 Å². The van der Waals surface area contributed by atoms with Crippen LogP contribution in [0.25, 0.3) is 0 Å². The lowest BCUT2D eigenvalue weighted by Gasteiger charge is -2.37. The van der Waals surface area contributed by atoms with Crippen LogP contribution in [-0.2, 0) is 12.8 Å². The molecule has 0 aromatic heterocycles. The predicted molar refractivity (Wildman–Crippen MR) is 131 cm³/mol. The summed E-state index contributed by atoms with van der Waals surface area (Å²) < 4.78 is 0. The summed E-state index contributed by atoms with van der Waals surface area (Å²) in [6.07, 6.45) is 4.54. The van der Waals surface area contributed by atoms with Crippen molar-refractivity contribution in [3.8, 4) is 11.5 Å². The fraction of sp³-hybridized carbons (Fsp3) is 0.333. The van der Waals surface area contributed by atoms with E-state index in [1.807, 2.05) is 31.2 Å². The SMILES string of the molecule is [B]C([B])=C(C)C1CCC(C([B])([B])[B])=CC1c1c(O)cc(CCc2ccccc2)cc1O. The molecule has 0 saturated carbocycles. The Hall–Kier alpha value is -2.16. The van der Waals surface area contributed by atoms with E-state index < -0.39 is 11.0 Å². The smallest absolute Gasteiger partial charge is 0.123 e. The Morgan fingerprint density at radius 3 is 2.10 bits per heavy atom. The summed E-state index contributed by atoms with van der Waals surface area (Å²) in [4.78, 5) is 0. The Kier molecular flexibility index (Phi) is 7.24. The highest BCUT2D eigenvalue weighted by Gasteiger charge is 2.33. The zero-order valence-electron chi connectivity index (χ0n) is 17.9. The summed E-state index contributed by atoms with van der Waals surface area (Å²) in [5, 5.41) is 20.5. The number of rotatable bonds is 6. The summed E-state index contributed by atoms with van der Waals surface area (Å²) in [7, 11) is 29.5. The number of phenolic OH excluding ortho intramolecular Hbond substituents is 2. The minimum atomic E-state index is -1.48. The van der Waals surface area contributed by atoms with Gasteiger partial charge in [0.25, 0.3) is 0 Å². The number of allylic oxidation sites excluding steroid dienone is 3. The molecule has 0 heterocycles. The molecule has 0 fully saturated rings. The molecule has 1 aliphatic rings. The molecule has 0 saturated heterocycles. The van der Waals surface area contributed by atoms with E-state index in [4.69, 9.17) is 39.2 Å². The molecule has 0 amide bonds. The standard InChI is InChI=1S/C24H23B5O2/c1-14(23(25)26)18-10-9-17(24(27,28)29)13-19(18)22-20(30)11-16(12-21(22)31)8-7-15-5-3-2-4-6-15/h2-6,11-13,18-19,30-31H,7-10H2,1H3. The second-order valence-corrected chi connectivity index (χ2v) is 8.47. The summed E-state index contributed by atoms with van der Waals surface area (Å²) in [5.74, 6) is -0.515. The van der Waals surface area contributed by atoms with E-state index in [1.165, 1.54) is 5.56 Å². The third-order valence-electron chi connectivity index (χ3n) is 6.18. The van der Waals surface area contributed by atoms with E-state index in [0.29, 0.717) is 30.4 Å². The van der Waals surface area contributed by atoms with Crippen LogP contribution in [0.1, 0.15) is 42.4 Å². The summed E-state index contributed by atoms with van der Waals surface area (Å²) in [5.41, 5.74) is 3.88. The number of hydrogen-bond acceptors (Lipinski definition) is 2. The molecule has 2 unspecified atom stereocenters. The molecule has 2 aromatic rings. The Labute approximate surface area is 192 Å². The molecule has 2 nitrogen and oxygen atoms in total. The molecular formula is C24H23B5O2. The highest BCUT2D eigenvalue weighted by atomic mass is 16.3. The number of hydrogen-bond donors (Lipinski definition) is 2. The van der Waals surface area contributed by atoms with E-state index in [1.54, 1.807) is 12.1 Å². The first-order valence-corrected chi connectivity index (χ1v) is 10.5. The first-order valence-electron chi connectivity index (χ1n) is 10.5. The number of aryl methyl sites for hydroxylation is 2. The summed E-state index contributed by atoms with van der Waals surface area (Å²) >= 11 is 0. The Morgan fingerprint density at radius 2 is 1.55 bits per heavy atom. The Bertz CT molecular complexity index is 966. The zero-order chi connectivity index (χ0) is 22.8. The minimum Gasteiger partial charge on any atom is -0.507 e. The van der Waals surface area contributed by atoms with Gasteiger partial charge in [-0.2, -0.15) is 5.37 Å². The van der Waals surface area contributed by atoms with Gasteiger partial charge in [0, 0.05) is 11.5 Å². The second kappa shape index (κ2) is 9.55. The van der Waals surface area contributed by atoms with E-state index in [-0.39, 0.29) is 22.8 Å². The van der Waals surface area contributed by atoms with Gasteiger partial charge in [0.15, 0.2) is 0 Å². The van der Waals surface area contributed by atoms with Gasteiger partial charge in [-0.3, -0.25) is 0 Å². The van der Waals surface area contributed by atoms with Crippen molar-refractivity contribution >= 4 is 39.2 Å². The van der Waals surface area contributed by atoms with Crippen molar-refractivity contribution in [2.75, 3.05) is 0 Å². The van der Waals surface area contributed by atoms with Crippen LogP contribution in [0, 0.1) is 5.92 Å². The van der Waals surface area contributed by atoms with E-state index in [2.05, 4.69) is 12.1 Å². The Morgan fingerprint density at radius 1 is 0.968 bits per heavy atom. The normalized spacial score (nSPS) is 18.9. The molecule has 0 aliphatic heterocycles. The van der Waals surface area contributed by atoms with Gasteiger partial charge in [0.05, 0.1) is 39.2 Å². The number of aromatic hydroxyl groups is 2. The number of benzene rings is 2.